The van der Waals surface area contributed by atoms with Crippen LogP contribution in [0.3, 0.4) is 0 Å². The van der Waals surface area contributed by atoms with Gasteiger partial charge < -0.3 is 9.73 Å². The number of hydrogen-bond donors (Lipinski definition) is 2. The molecule has 0 saturated heterocycles. The van der Waals surface area contributed by atoms with Gasteiger partial charge in [0.25, 0.3) is 5.91 Å². The molecule has 0 aliphatic heterocycles. The van der Waals surface area contributed by atoms with E-state index in [4.69, 9.17) is 9.56 Å². The van der Waals surface area contributed by atoms with Crippen LogP contribution < -0.4 is 10.5 Å². The Hall–Kier alpha value is -2.71. The number of nitrogens with one attached hydrogen (secondary N) is 1. The number of hydrogen-bond acceptors (Lipinski definition) is 5. The molecule has 1 aromatic heterocycles. The number of amides is 1. The van der Waals surface area contributed by atoms with Crippen molar-refractivity contribution in [3.8, 4) is 0 Å². The Kier molecular flexibility index (Phi) is 3.85. The van der Waals surface area contributed by atoms with E-state index in [1.807, 2.05) is 0 Å². The second kappa shape index (κ2) is 5.82. The molecule has 0 atom stereocenters. The topological polar surface area (TPSA) is 115 Å². The number of sulfonamides is 1. The maximum absolute atomic E-state index is 12.1. The van der Waals surface area contributed by atoms with E-state index in [1.54, 1.807) is 30.3 Å². The van der Waals surface area contributed by atoms with Gasteiger partial charge in [0.15, 0.2) is 12.0 Å². The zero-order chi connectivity index (χ0) is 16.4. The van der Waals surface area contributed by atoms with Gasteiger partial charge in [0.1, 0.15) is 5.52 Å². The maximum Gasteiger partial charge on any atom is 0.251 e. The van der Waals surface area contributed by atoms with Gasteiger partial charge in [-0.15, -0.1) is 0 Å². The summed E-state index contributed by atoms with van der Waals surface area (Å²) in [6.07, 6.45) is 1.32. The number of benzene rings is 2. The summed E-state index contributed by atoms with van der Waals surface area (Å²) in [5.74, 6) is -0.259. The first-order valence-electron chi connectivity index (χ1n) is 6.67. The van der Waals surface area contributed by atoms with Crippen LogP contribution in [0.4, 0.5) is 0 Å². The van der Waals surface area contributed by atoms with Crippen LogP contribution in [0.5, 0.6) is 0 Å². The Morgan fingerprint density at radius 1 is 1.17 bits per heavy atom. The van der Waals surface area contributed by atoms with E-state index in [-0.39, 0.29) is 17.3 Å². The standard InChI is InChI=1S/C15H13N3O4S/c16-23(20,21)12-4-1-10(2-5-12)8-17-15(19)11-3-6-14-13(7-11)18-9-22-14/h1-7,9H,8H2,(H,17,19)(H2,16,20,21). The van der Waals surface area contributed by atoms with Crippen molar-refractivity contribution in [2.45, 2.75) is 11.4 Å². The average Bonchev–Trinajstić information content (AvgIpc) is 2.99. The molecule has 3 N–H and O–H groups in total. The molecule has 0 saturated carbocycles. The number of nitrogens with zero attached hydrogens (tertiary/aromatic N) is 1. The molecule has 0 aliphatic carbocycles. The van der Waals surface area contributed by atoms with Gasteiger partial charge in [-0.05, 0) is 35.9 Å². The number of fused-ring (bicyclic) bond motifs is 1. The van der Waals surface area contributed by atoms with Crippen LogP contribution in [-0.4, -0.2) is 19.3 Å². The highest BCUT2D eigenvalue weighted by Gasteiger charge is 2.09. The number of nitrogens with two attached hydrogens (primary N) is 1. The van der Waals surface area contributed by atoms with E-state index in [9.17, 15) is 13.2 Å². The van der Waals surface area contributed by atoms with Crippen molar-refractivity contribution in [2.24, 2.45) is 5.14 Å². The average molecular weight is 331 g/mol. The van der Waals surface area contributed by atoms with Gasteiger partial charge in [0.2, 0.25) is 10.0 Å². The Morgan fingerprint density at radius 3 is 2.61 bits per heavy atom. The summed E-state index contributed by atoms with van der Waals surface area (Å²) in [6.45, 7) is 0.264. The SMILES string of the molecule is NS(=O)(=O)c1ccc(CNC(=O)c2ccc3ocnc3c2)cc1. The molecule has 3 aromatic rings. The lowest BCUT2D eigenvalue weighted by Crippen LogP contribution is -2.22. The number of oxazole rings is 1. The van der Waals surface area contributed by atoms with Crippen LogP contribution in [0.25, 0.3) is 11.1 Å². The van der Waals surface area contributed by atoms with Crippen molar-refractivity contribution in [3.63, 3.8) is 0 Å². The Labute approximate surface area is 132 Å². The molecule has 0 fully saturated rings. The minimum atomic E-state index is -3.71. The lowest BCUT2D eigenvalue weighted by atomic mass is 10.2. The Bertz CT molecular complexity index is 962. The first-order chi connectivity index (χ1) is 10.9. The van der Waals surface area contributed by atoms with E-state index in [0.717, 1.165) is 5.56 Å². The molecule has 0 unspecified atom stereocenters. The molecule has 0 spiro atoms. The van der Waals surface area contributed by atoms with Crippen molar-refractivity contribution in [1.82, 2.24) is 10.3 Å². The third-order valence-electron chi connectivity index (χ3n) is 3.30. The Morgan fingerprint density at radius 2 is 1.91 bits per heavy atom. The van der Waals surface area contributed by atoms with Gasteiger partial charge in [-0.25, -0.2) is 18.5 Å². The maximum atomic E-state index is 12.1. The van der Waals surface area contributed by atoms with E-state index >= 15 is 0 Å². The molecule has 0 aliphatic rings. The number of carbonyl (C=O) groups is 1. The molecule has 7 nitrogen and oxygen atoms in total. The van der Waals surface area contributed by atoms with Crippen molar-refractivity contribution in [1.29, 1.82) is 0 Å². The highest BCUT2D eigenvalue weighted by Crippen LogP contribution is 2.14. The molecular weight excluding hydrogens is 318 g/mol. The van der Waals surface area contributed by atoms with Gasteiger partial charge in [0, 0.05) is 12.1 Å². The van der Waals surface area contributed by atoms with Crippen LogP contribution in [0.1, 0.15) is 15.9 Å². The van der Waals surface area contributed by atoms with Crippen LogP contribution >= 0.6 is 0 Å². The fourth-order valence-corrected chi connectivity index (χ4v) is 2.60. The zero-order valence-corrected chi connectivity index (χ0v) is 12.7. The molecule has 1 heterocycles. The summed E-state index contributed by atoms with van der Waals surface area (Å²) in [5.41, 5.74) is 2.44. The summed E-state index contributed by atoms with van der Waals surface area (Å²) < 4.78 is 27.5. The van der Waals surface area contributed by atoms with Crippen molar-refractivity contribution in [3.05, 3.63) is 60.0 Å². The monoisotopic (exact) mass is 331 g/mol. The van der Waals surface area contributed by atoms with Crippen molar-refractivity contribution in [2.75, 3.05) is 0 Å². The second-order valence-corrected chi connectivity index (χ2v) is 6.47. The van der Waals surface area contributed by atoms with Crippen LogP contribution in [0.2, 0.25) is 0 Å². The van der Waals surface area contributed by atoms with Crippen molar-refractivity contribution >= 4 is 27.0 Å². The zero-order valence-electron chi connectivity index (χ0n) is 11.9. The third-order valence-corrected chi connectivity index (χ3v) is 4.23. The number of carbonyl (C=O) groups excluding carboxylic acids is 1. The van der Waals surface area contributed by atoms with E-state index in [1.165, 1.54) is 18.5 Å². The van der Waals surface area contributed by atoms with E-state index < -0.39 is 10.0 Å². The molecular formula is C15H13N3O4S. The van der Waals surface area contributed by atoms with Gasteiger partial charge in [-0.1, -0.05) is 12.1 Å². The summed E-state index contributed by atoms with van der Waals surface area (Å²) in [7, 11) is -3.71. The van der Waals surface area contributed by atoms with Gasteiger partial charge in [-0.3, -0.25) is 4.79 Å². The fourth-order valence-electron chi connectivity index (χ4n) is 2.08. The van der Waals surface area contributed by atoms with Crippen LogP contribution in [0.15, 0.2) is 58.2 Å². The second-order valence-electron chi connectivity index (χ2n) is 4.91. The number of primary sulfonamides is 1. The lowest BCUT2D eigenvalue weighted by molar-refractivity contribution is 0.0951. The normalized spacial score (nSPS) is 11.5. The minimum absolute atomic E-state index is 0.0315. The van der Waals surface area contributed by atoms with E-state index in [0.29, 0.717) is 16.7 Å². The third kappa shape index (κ3) is 3.38. The van der Waals surface area contributed by atoms with Gasteiger partial charge in [-0.2, -0.15) is 0 Å². The quantitative estimate of drug-likeness (QED) is 0.750. The first-order valence-corrected chi connectivity index (χ1v) is 8.21. The predicted molar refractivity (Wildman–Crippen MR) is 83.0 cm³/mol. The lowest BCUT2D eigenvalue weighted by Gasteiger charge is -2.06. The molecule has 2 aromatic carbocycles. The molecule has 0 bridgehead atoms. The fraction of sp³-hybridized carbons (Fsp3) is 0.0667. The summed E-state index contributed by atoms with van der Waals surface area (Å²) in [5, 5.41) is 7.78. The van der Waals surface area contributed by atoms with Gasteiger partial charge >= 0.3 is 0 Å². The molecule has 1 amide bonds. The molecule has 23 heavy (non-hydrogen) atoms. The minimum Gasteiger partial charge on any atom is -0.443 e. The molecule has 3 rings (SSSR count). The largest absolute Gasteiger partial charge is 0.443 e. The summed E-state index contributed by atoms with van der Waals surface area (Å²) >= 11 is 0. The summed E-state index contributed by atoms with van der Waals surface area (Å²) in [6, 6.07) is 11.0. The predicted octanol–water partition coefficient (Wildman–Crippen LogP) is 1.41. The Balaban J connectivity index is 1.68. The summed E-state index contributed by atoms with van der Waals surface area (Å²) in [4.78, 5) is 16.2. The smallest absolute Gasteiger partial charge is 0.251 e. The van der Waals surface area contributed by atoms with Gasteiger partial charge in [0.05, 0.1) is 4.90 Å². The molecule has 118 valence electrons. The highest BCUT2D eigenvalue weighted by atomic mass is 32.2. The molecule has 0 radical (unpaired) electrons. The molecule has 8 heteroatoms. The van der Waals surface area contributed by atoms with E-state index in [2.05, 4.69) is 10.3 Å². The first kappa shape index (κ1) is 15.2. The van der Waals surface area contributed by atoms with Crippen LogP contribution in [0, 0.1) is 0 Å². The highest BCUT2D eigenvalue weighted by molar-refractivity contribution is 7.89. The van der Waals surface area contributed by atoms with Crippen molar-refractivity contribution < 1.29 is 17.6 Å². The number of aromatic nitrogens is 1. The van der Waals surface area contributed by atoms with Crippen LogP contribution in [-0.2, 0) is 16.6 Å². The number of rotatable bonds is 4.